The van der Waals surface area contributed by atoms with E-state index in [1.54, 1.807) is 23.1 Å². The molecule has 4 heteroatoms. The van der Waals surface area contributed by atoms with E-state index in [9.17, 15) is 4.79 Å². The number of ketones is 1. The Kier molecular flexibility index (Phi) is 2.73. The summed E-state index contributed by atoms with van der Waals surface area (Å²) in [5.74, 6) is 0.159. The summed E-state index contributed by atoms with van der Waals surface area (Å²) in [4.78, 5) is 17.9. The van der Waals surface area contributed by atoms with E-state index in [0.29, 0.717) is 0 Å². The number of rotatable bonds is 0. The van der Waals surface area contributed by atoms with Gasteiger partial charge in [0.15, 0.2) is 5.78 Å². The highest BCUT2D eigenvalue weighted by atomic mass is 32.2. The minimum absolute atomic E-state index is 0.0693. The Bertz CT molecular complexity index is 459. The SMILES string of the molecule is CSC1=Nc2sc(C)c(C)c2C(=O)C1C. The van der Waals surface area contributed by atoms with Crippen LogP contribution in [0.15, 0.2) is 4.99 Å². The molecule has 0 saturated carbocycles. The van der Waals surface area contributed by atoms with Crippen molar-refractivity contribution in [3.63, 3.8) is 0 Å². The first kappa shape index (κ1) is 10.9. The zero-order chi connectivity index (χ0) is 11.2. The van der Waals surface area contributed by atoms with Gasteiger partial charge in [-0.15, -0.1) is 23.1 Å². The van der Waals surface area contributed by atoms with Crippen molar-refractivity contribution in [2.75, 3.05) is 6.26 Å². The second-order valence-corrected chi connectivity index (χ2v) is 5.73. The van der Waals surface area contributed by atoms with Gasteiger partial charge in [-0.1, -0.05) is 0 Å². The number of nitrogens with zero attached hydrogens (tertiary/aromatic N) is 1. The van der Waals surface area contributed by atoms with Gasteiger partial charge in [0.2, 0.25) is 0 Å². The number of carbonyl (C=O) groups excluding carboxylic acids is 1. The van der Waals surface area contributed by atoms with Gasteiger partial charge in [0.25, 0.3) is 0 Å². The first-order valence-electron chi connectivity index (χ1n) is 4.83. The Labute approximate surface area is 97.8 Å². The topological polar surface area (TPSA) is 29.4 Å². The minimum atomic E-state index is -0.0693. The van der Waals surface area contributed by atoms with Gasteiger partial charge in [-0.3, -0.25) is 4.79 Å². The van der Waals surface area contributed by atoms with Crippen molar-refractivity contribution in [2.24, 2.45) is 10.9 Å². The number of thioether (sulfide) groups is 1. The van der Waals surface area contributed by atoms with Crippen LogP contribution in [-0.4, -0.2) is 17.1 Å². The summed E-state index contributed by atoms with van der Waals surface area (Å²) in [7, 11) is 0. The lowest BCUT2D eigenvalue weighted by Crippen LogP contribution is -2.22. The molecule has 15 heavy (non-hydrogen) atoms. The third kappa shape index (κ3) is 1.56. The maximum absolute atomic E-state index is 12.1. The number of carbonyl (C=O) groups is 1. The van der Waals surface area contributed by atoms with E-state index < -0.39 is 0 Å². The highest BCUT2D eigenvalue weighted by Gasteiger charge is 2.30. The number of hydrogen-bond acceptors (Lipinski definition) is 4. The van der Waals surface area contributed by atoms with Crippen molar-refractivity contribution in [2.45, 2.75) is 20.8 Å². The first-order valence-corrected chi connectivity index (χ1v) is 6.87. The number of aliphatic imine (C=N–C) groups is 1. The highest BCUT2D eigenvalue weighted by molar-refractivity contribution is 8.13. The average Bonchev–Trinajstić information content (AvgIpc) is 2.49. The number of aryl methyl sites for hydroxylation is 1. The zero-order valence-electron chi connectivity index (χ0n) is 9.25. The lowest BCUT2D eigenvalue weighted by Gasteiger charge is -2.17. The first-order chi connectivity index (χ1) is 7.06. The highest BCUT2D eigenvalue weighted by Crippen LogP contribution is 2.40. The lowest BCUT2D eigenvalue weighted by atomic mass is 9.96. The van der Waals surface area contributed by atoms with Gasteiger partial charge in [0, 0.05) is 4.88 Å². The molecule has 1 aromatic heterocycles. The molecule has 1 aliphatic heterocycles. The molecule has 1 aliphatic rings. The van der Waals surface area contributed by atoms with Gasteiger partial charge >= 0.3 is 0 Å². The lowest BCUT2D eigenvalue weighted by molar-refractivity contribution is 0.0961. The van der Waals surface area contributed by atoms with Crippen LogP contribution in [0.1, 0.15) is 27.7 Å². The maximum atomic E-state index is 12.1. The Morgan fingerprint density at radius 3 is 2.67 bits per heavy atom. The van der Waals surface area contributed by atoms with Crippen LogP contribution in [0.5, 0.6) is 0 Å². The van der Waals surface area contributed by atoms with Crippen molar-refractivity contribution in [1.29, 1.82) is 0 Å². The van der Waals surface area contributed by atoms with Crippen LogP contribution in [0.3, 0.4) is 0 Å². The molecule has 0 N–H and O–H groups in total. The summed E-state index contributed by atoms with van der Waals surface area (Å²) in [5.41, 5.74) is 1.96. The molecule has 0 amide bonds. The fourth-order valence-corrected chi connectivity index (χ4v) is 3.47. The number of thiophene rings is 1. The maximum Gasteiger partial charge on any atom is 0.175 e. The molecule has 0 saturated heterocycles. The summed E-state index contributed by atoms with van der Waals surface area (Å²) in [6.45, 7) is 5.99. The molecule has 0 radical (unpaired) electrons. The van der Waals surface area contributed by atoms with E-state index in [4.69, 9.17) is 0 Å². The number of Topliss-reactive ketones (excluding diaryl/α,β-unsaturated/α-hetero) is 1. The molecule has 80 valence electrons. The minimum Gasteiger partial charge on any atom is -0.293 e. The third-order valence-corrected chi connectivity index (χ3v) is 4.76. The van der Waals surface area contributed by atoms with E-state index in [0.717, 1.165) is 21.2 Å². The monoisotopic (exact) mass is 239 g/mol. The smallest absolute Gasteiger partial charge is 0.175 e. The van der Waals surface area contributed by atoms with Crippen LogP contribution >= 0.6 is 23.1 Å². The van der Waals surface area contributed by atoms with E-state index >= 15 is 0 Å². The predicted molar refractivity (Wildman–Crippen MR) is 67.9 cm³/mol. The van der Waals surface area contributed by atoms with Crippen LogP contribution in [-0.2, 0) is 0 Å². The Morgan fingerprint density at radius 1 is 1.40 bits per heavy atom. The van der Waals surface area contributed by atoms with Crippen molar-refractivity contribution in [3.8, 4) is 0 Å². The van der Waals surface area contributed by atoms with Gasteiger partial charge in [-0.2, -0.15) is 0 Å². The second-order valence-electron chi connectivity index (χ2n) is 3.70. The quantitative estimate of drug-likeness (QED) is 0.692. The van der Waals surface area contributed by atoms with E-state index in [2.05, 4.69) is 4.99 Å². The number of hydrogen-bond donors (Lipinski definition) is 0. The molecule has 0 fully saturated rings. The summed E-state index contributed by atoms with van der Waals surface area (Å²) in [5, 5.41) is 1.84. The van der Waals surface area contributed by atoms with Gasteiger partial charge in [0.05, 0.1) is 16.5 Å². The Morgan fingerprint density at radius 2 is 2.07 bits per heavy atom. The molecule has 0 spiro atoms. The molecule has 0 aromatic carbocycles. The normalized spacial score (nSPS) is 20.1. The van der Waals surface area contributed by atoms with Crippen LogP contribution in [0.25, 0.3) is 0 Å². The molecular formula is C11H13NOS2. The van der Waals surface area contributed by atoms with E-state index in [-0.39, 0.29) is 11.7 Å². The van der Waals surface area contributed by atoms with Gasteiger partial charge in [0.1, 0.15) is 5.00 Å². The molecule has 0 aliphatic carbocycles. The fourth-order valence-electron chi connectivity index (χ4n) is 1.73. The van der Waals surface area contributed by atoms with Crippen LogP contribution < -0.4 is 0 Å². The van der Waals surface area contributed by atoms with E-state index in [1.807, 2.05) is 27.0 Å². The van der Waals surface area contributed by atoms with Gasteiger partial charge < -0.3 is 0 Å². The molecule has 1 unspecified atom stereocenters. The standard InChI is InChI=1S/C11H13NOS2/c1-5-7(3)15-11-8(5)9(13)6(2)10(12-11)14-4/h6H,1-4H3. The van der Waals surface area contributed by atoms with Crippen molar-refractivity contribution in [1.82, 2.24) is 0 Å². The second kappa shape index (κ2) is 3.76. The summed E-state index contributed by atoms with van der Waals surface area (Å²) < 4.78 is 0. The molecule has 2 nitrogen and oxygen atoms in total. The van der Waals surface area contributed by atoms with Crippen LogP contribution in [0, 0.1) is 19.8 Å². The van der Waals surface area contributed by atoms with Gasteiger partial charge in [-0.25, -0.2) is 4.99 Å². The Hall–Kier alpha value is -0.610. The predicted octanol–water partition coefficient (Wildman–Crippen LogP) is 3.59. The summed E-state index contributed by atoms with van der Waals surface area (Å²) in [6, 6.07) is 0. The van der Waals surface area contributed by atoms with Crippen LogP contribution in [0.4, 0.5) is 5.00 Å². The zero-order valence-corrected chi connectivity index (χ0v) is 10.9. The molecule has 2 heterocycles. The summed E-state index contributed by atoms with van der Waals surface area (Å²) >= 11 is 3.19. The largest absolute Gasteiger partial charge is 0.293 e. The van der Waals surface area contributed by atoms with Crippen molar-refractivity contribution >= 4 is 38.9 Å². The van der Waals surface area contributed by atoms with Gasteiger partial charge in [-0.05, 0) is 32.6 Å². The molecule has 1 atom stereocenters. The molecule has 0 bridgehead atoms. The fraction of sp³-hybridized carbons (Fsp3) is 0.455. The van der Waals surface area contributed by atoms with Crippen molar-refractivity contribution < 1.29 is 4.79 Å². The average molecular weight is 239 g/mol. The molecule has 1 aromatic rings. The third-order valence-electron chi connectivity index (χ3n) is 2.80. The molecular weight excluding hydrogens is 226 g/mol. The van der Waals surface area contributed by atoms with Crippen LogP contribution in [0.2, 0.25) is 0 Å². The summed E-state index contributed by atoms with van der Waals surface area (Å²) in [6.07, 6.45) is 1.97. The van der Waals surface area contributed by atoms with Crippen molar-refractivity contribution in [3.05, 3.63) is 16.0 Å². The van der Waals surface area contributed by atoms with E-state index in [1.165, 1.54) is 4.88 Å². The molecule has 2 rings (SSSR count). The number of fused-ring (bicyclic) bond motifs is 1. The Balaban J connectivity index is 2.64.